The molecule has 0 unspecified atom stereocenters. The average Bonchev–Trinajstić information content (AvgIpc) is 3.76. The molecule has 3 aliphatic rings. The van der Waals surface area contributed by atoms with Crippen molar-refractivity contribution in [2.24, 2.45) is 17.6 Å². The summed E-state index contributed by atoms with van der Waals surface area (Å²) in [5.74, 6) is -0.740. The molecule has 11 nitrogen and oxygen atoms in total. The lowest BCUT2D eigenvalue weighted by Gasteiger charge is -2.30. The predicted molar refractivity (Wildman–Crippen MR) is 161 cm³/mol. The van der Waals surface area contributed by atoms with Gasteiger partial charge in [-0.2, -0.15) is 0 Å². The number of nitrogens with one attached hydrogen (secondary N) is 2. The first-order valence-electron chi connectivity index (χ1n) is 15.6. The maximum Gasteiger partial charge on any atom is 0.234 e. The summed E-state index contributed by atoms with van der Waals surface area (Å²) in [5.41, 5.74) is 6.07. The normalized spacial score (nSPS) is 26.0. The number of nitrogens with two attached hydrogens (primary N) is 1. The van der Waals surface area contributed by atoms with Crippen LogP contribution in [-0.2, 0) is 35.1 Å². The SMILES string of the molecule is COc1ccc(C[C@H](CC(=O)[C@H](C)NC(=O)CN2CCOCC2)C(=O)N[C@@H](CC2CCC(N)CC2)C(=O)[C@@]2(C)CO2)cc1. The summed E-state index contributed by atoms with van der Waals surface area (Å²) in [6, 6.07) is 6.06. The van der Waals surface area contributed by atoms with Gasteiger partial charge in [-0.3, -0.25) is 24.1 Å². The van der Waals surface area contributed by atoms with E-state index in [2.05, 4.69) is 10.6 Å². The van der Waals surface area contributed by atoms with E-state index >= 15 is 0 Å². The average molecular weight is 601 g/mol. The van der Waals surface area contributed by atoms with E-state index < -0.39 is 23.6 Å². The molecule has 2 heterocycles. The van der Waals surface area contributed by atoms with E-state index in [0.717, 1.165) is 31.2 Å². The molecule has 11 heteroatoms. The summed E-state index contributed by atoms with van der Waals surface area (Å²) in [4.78, 5) is 55.3. The minimum atomic E-state index is -0.885. The minimum absolute atomic E-state index is 0.0795. The van der Waals surface area contributed by atoms with Gasteiger partial charge in [-0.25, -0.2) is 0 Å². The lowest BCUT2D eigenvalue weighted by Crippen LogP contribution is -2.50. The lowest BCUT2D eigenvalue weighted by molar-refractivity contribution is -0.135. The number of epoxide rings is 1. The highest BCUT2D eigenvalue weighted by Crippen LogP contribution is 2.33. The molecule has 0 spiro atoms. The van der Waals surface area contributed by atoms with E-state index in [0.29, 0.717) is 51.5 Å². The second-order valence-corrected chi connectivity index (χ2v) is 12.6. The van der Waals surface area contributed by atoms with Crippen molar-refractivity contribution in [3.63, 3.8) is 0 Å². The molecule has 1 aliphatic carbocycles. The largest absolute Gasteiger partial charge is 0.497 e. The zero-order chi connectivity index (χ0) is 31.0. The standard InChI is InChI=1S/C32H48N4O7/c1-21(34-29(38)19-36-12-14-42-15-13-36)28(37)18-24(16-22-6-10-26(41-3)11-7-22)31(40)35-27(30(39)32(2)20-43-32)17-23-4-8-25(33)9-5-23/h6-7,10-11,21,23-25,27H,4-5,8-9,12-20,33H2,1-3H3,(H,34,38)(H,35,40)/t21-,23?,24+,25?,27-,32+/m0/s1. The molecule has 4 rings (SSSR count). The Bertz CT molecular complexity index is 1110. The van der Waals surface area contributed by atoms with E-state index in [-0.39, 0.29) is 48.3 Å². The molecular formula is C32H48N4O7. The van der Waals surface area contributed by atoms with Gasteiger partial charge in [0.25, 0.3) is 0 Å². The molecule has 2 aliphatic heterocycles. The highest BCUT2D eigenvalue weighted by atomic mass is 16.6. The topological polar surface area (TPSA) is 153 Å². The van der Waals surface area contributed by atoms with Crippen molar-refractivity contribution in [3.05, 3.63) is 29.8 Å². The third-order valence-electron chi connectivity index (χ3n) is 8.98. The van der Waals surface area contributed by atoms with Crippen molar-refractivity contribution in [3.8, 4) is 5.75 Å². The Kier molecular flexibility index (Phi) is 11.7. The number of amides is 2. The Labute approximate surface area is 254 Å². The monoisotopic (exact) mass is 600 g/mol. The van der Waals surface area contributed by atoms with Gasteiger partial charge in [0.1, 0.15) is 11.4 Å². The number of morpholine rings is 1. The first-order valence-corrected chi connectivity index (χ1v) is 15.6. The van der Waals surface area contributed by atoms with Gasteiger partial charge in [-0.05, 0) is 76.0 Å². The van der Waals surface area contributed by atoms with Gasteiger partial charge in [0.05, 0.1) is 45.6 Å². The second-order valence-electron chi connectivity index (χ2n) is 12.6. The molecule has 1 aromatic rings. The van der Waals surface area contributed by atoms with E-state index in [9.17, 15) is 19.2 Å². The molecule has 0 aromatic heterocycles. The van der Waals surface area contributed by atoms with E-state index in [4.69, 9.17) is 19.9 Å². The molecule has 1 aromatic carbocycles. The van der Waals surface area contributed by atoms with E-state index in [1.54, 1.807) is 21.0 Å². The van der Waals surface area contributed by atoms with Crippen molar-refractivity contribution >= 4 is 23.4 Å². The molecule has 0 bridgehead atoms. The van der Waals surface area contributed by atoms with Crippen LogP contribution in [0.2, 0.25) is 0 Å². The van der Waals surface area contributed by atoms with Crippen LogP contribution in [0.25, 0.3) is 0 Å². The van der Waals surface area contributed by atoms with Gasteiger partial charge in [0.2, 0.25) is 11.8 Å². The Morgan fingerprint density at radius 1 is 1.07 bits per heavy atom. The summed E-state index contributed by atoms with van der Waals surface area (Å²) in [6.45, 7) is 6.41. The van der Waals surface area contributed by atoms with Crippen LogP contribution in [-0.4, -0.2) is 98.6 Å². The molecule has 2 amide bonds. The molecule has 0 radical (unpaired) electrons. The summed E-state index contributed by atoms with van der Waals surface area (Å²) >= 11 is 0. The molecule has 1 saturated carbocycles. The Balaban J connectivity index is 1.44. The minimum Gasteiger partial charge on any atom is -0.497 e. The fourth-order valence-corrected chi connectivity index (χ4v) is 5.95. The van der Waals surface area contributed by atoms with Crippen molar-refractivity contribution in [1.29, 1.82) is 0 Å². The van der Waals surface area contributed by atoms with E-state index in [1.165, 1.54) is 0 Å². The molecule has 4 N–H and O–H groups in total. The summed E-state index contributed by atoms with van der Waals surface area (Å²) in [5, 5.41) is 5.82. The maximum absolute atomic E-state index is 13.9. The number of rotatable bonds is 15. The van der Waals surface area contributed by atoms with Gasteiger partial charge in [-0.15, -0.1) is 0 Å². The van der Waals surface area contributed by atoms with Crippen LogP contribution in [0, 0.1) is 11.8 Å². The summed E-state index contributed by atoms with van der Waals surface area (Å²) in [7, 11) is 1.58. The molecule has 43 heavy (non-hydrogen) atoms. The van der Waals surface area contributed by atoms with Gasteiger partial charge in [0, 0.05) is 31.5 Å². The quantitative estimate of drug-likeness (QED) is 0.254. The number of carbonyl (C=O) groups is 4. The third kappa shape index (κ3) is 9.82. The molecule has 4 atom stereocenters. The van der Waals surface area contributed by atoms with Gasteiger partial charge < -0.3 is 30.6 Å². The number of benzene rings is 1. The fourth-order valence-electron chi connectivity index (χ4n) is 5.95. The van der Waals surface area contributed by atoms with Gasteiger partial charge >= 0.3 is 0 Å². The first kappa shape index (κ1) is 33.0. The van der Waals surface area contributed by atoms with Crippen LogP contribution in [0.3, 0.4) is 0 Å². The van der Waals surface area contributed by atoms with Crippen LogP contribution < -0.4 is 21.1 Å². The Hall–Kier alpha value is -2.86. The van der Waals surface area contributed by atoms with Gasteiger partial charge in [-0.1, -0.05) is 12.1 Å². The van der Waals surface area contributed by atoms with Crippen LogP contribution >= 0.6 is 0 Å². The van der Waals surface area contributed by atoms with Crippen LogP contribution in [0.4, 0.5) is 0 Å². The third-order valence-corrected chi connectivity index (χ3v) is 8.98. The van der Waals surface area contributed by atoms with Crippen molar-refractivity contribution in [2.75, 3.05) is 46.6 Å². The second kappa shape index (κ2) is 15.2. The predicted octanol–water partition coefficient (Wildman–Crippen LogP) is 1.40. The smallest absolute Gasteiger partial charge is 0.234 e. The highest BCUT2D eigenvalue weighted by molar-refractivity contribution is 5.98. The van der Waals surface area contributed by atoms with Gasteiger partial charge in [0.15, 0.2) is 11.6 Å². The van der Waals surface area contributed by atoms with Crippen molar-refractivity contribution in [1.82, 2.24) is 15.5 Å². The number of hydrogen-bond donors (Lipinski definition) is 3. The molecule has 3 fully saturated rings. The zero-order valence-corrected chi connectivity index (χ0v) is 25.8. The number of ketones is 2. The number of hydrogen-bond acceptors (Lipinski definition) is 9. The van der Waals surface area contributed by atoms with Crippen molar-refractivity contribution in [2.45, 2.75) is 82.5 Å². The number of Topliss-reactive ketones (excluding diaryl/α,β-unsaturated/α-hetero) is 2. The van der Waals surface area contributed by atoms with Crippen LogP contribution in [0.5, 0.6) is 5.75 Å². The summed E-state index contributed by atoms with van der Waals surface area (Å²) in [6.07, 6.45) is 4.36. The first-order chi connectivity index (χ1) is 20.6. The maximum atomic E-state index is 13.9. The van der Waals surface area contributed by atoms with Crippen LogP contribution in [0.1, 0.15) is 57.9 Å². The number of methoxy groups -OCH3 is 1. The van der Waals surface area contributed by atoms with Crippen molar-refractivity contribution < 1.29 is 33.4 Å². The summed E-state index contributed by atoms with van der Waals surface area (Å²) < 4.78 is 16.1. The van der Waals surface area contributed by atoms with Crippen LogP contribution in [0.15, 0.2) is 24.3 Å². The Morgan fingerprint density at radius 2 is 1.72 bits per heavy atom. The highest BCUT2D eigenvalue weighted by Gasteiger charge is 2.50. The molecule has 238 valence electrons. The van der Waals surface area contributed by atoms with E-state index in [1.807, 2.05) is 29.2 Å². The number of nitrogens with zero attached hydrogens (tertiary/aromatic N) is 1. The molecule has 2 saturated heterocycles. The number of ether oxygens (including phenoxy) is 3. The molecular weight excluding hydrogens is 552 g/mol. The Morgan fingerprint density at radius 3 is 2.33 bits per heavy atom. The lowest BCUT2D eigenvalue weighted by atomic mass is 9.80. The zero-order valence-electron chi connectivity index (χ0n) is 25.8. The fraction of sp³-hybridized carbons (Fsp3) is 0.688. The number of carbonyl (C=O) groups excluding carboxylic acids is 4.